The topological polar surface area (TPSA) is 111 Å². The highest BCUT2D eigenvalue weighted by atomic mass is 16.6. The van der Waals surface area contributed by atoms with Crippen molar-refractivity contribution in [2.75, 3.05) is 25.6 Å². The maximum Gasteiger partial charge on any atom is 0.294 e. The van der Waals surface area contributed by atoms with Crippen molar-refractivity contribution in [2.45, 2.75) is 12.5 Å². The molecule has 1 aromatic rings. The molecular weight excluding hydrogens is 264 g/mol. The first-order valence-corrected chi connectivity index (χ1v) is 6.14. The average Bonchev–Trinajstić information content (AvgIpc) is 2.94. The summed E-state index contributed by atoms with van der Waals surface area (Å²) in [6.07, 6.45) is 0.759. The van der Waals surface area contributed by atoms with Gasteiger partial charge in [0.1, 0.15) is 5.69 Å². The molecule has 0 saturated carbocycles. The van der Waals surface area contributed by atoms with E-state index in [4.69, 9.17) is 10.6 Å². The summed E-state index contributed by atoms with van der Waals surface area (Å²) in [7, 11) is 1.60. The largest absolute Gasteiger partial charge is 0.380 e. The van der Waals surface area contributed by atoms with Crippen LogP contribution in [0.5, 0.6) is 0 Å². The van der Waals surface area contributed by atoms with Crippen molar-refractivity contribution in [3.63, 3.8) is 0 Å². The third kappa shape index (κ3) is 2.56. The average molecular weight is 280 g/mol. The number of hydrazine groups is 1. The van der Waals surface area contributed by atoms with E-state index < -0.39 is 4.92 Å². The smallest absolute Gasteiger partial charge is 0.294 e. The Bertz CT molecular complexity index is 534. The van der Waals surface area contributed by atoms with Crippen LogP contribution in [0.2, 0.25) is 0 Å². The molecule has 0 aromatic heterocycles. The maximum absolute atomic E-state index is 12.4. The van der Waals surface area contributed by atoms with Crippen LogP contribution in [0.25, 0.3) is 0 Å². The van der Waals surface area contributed by atoms with Gasteiger partial charge in [-0.3, -0.25) is 20.8 Å². The molecule has 2 rings (SSSR count). The van der Waals surface area contributed by atoms with Crippen LogP contribution in [0.4, 0.5) is 11.4 Å². The van der Waals surface area contributed by atoms with E-state index in [-0.39, 0.29) is 28.9 Å². The Morgan fingerprint density at radius 2 is 2.35 bits per heavy atom. The Morgan fingerprint density at radius 3 is 2.90 bits per heavy atom. The van der Waals surface area contributed by atoms with Crippen molar-refractivity contribution in [3.8, 4) is 0 Å². The lowest BCUT2D eigenvalue weighted by molar-refractivity contribution is -0.384. The minimum absolute atomic E-state index is 0.00642. The Kier molecular flexibility index (Phi) is 4.16. The lowest BCUT2D eigenvalue weighted by Crippen LogP contribution is -2.31. The lowest BCUT2D eigenvalue weighted by atomic mass is 10.1. The molecule has 1 saturated heterocycles. The van der Waals surface area contributed by atoms with Gasteiger partial charge in [0.05, 0.1) is 16.6 Å². The highest BCUT2D eigenvalue weighted by Gasteiger charge is 2.30. The summed E-state index contributed by atoms with van der Waals surface area (Å²) in [5, 5.41) is 10.9. The third-order valence-electron chi connectivity index (χ3n) is 3.38. The summed E-state index contributed by atoms with van der Waals surface area (Å²) in [6, 6.07) is 4.29. The number of ether oxygens (including phenoxy) is 1. The normalized spacial score (nSPS) is 18.1. The summed E-state index contributed by atoms with van der Waals surface area (Å²) in [4.78, 5) is 24.4. The van der Waals surface area contributed by atoms with Crippen LogP contribution < -0.4 is 11.3 Å². The molecule has 1 amide bonds. The van der Waals surface area contributed by atoms with Crippen LogP contribution in [0, 0.1) is 10.1 Å². The number of carbonyl (C=O) groups is 1. The van der Waals surface area contributed by atoms with Gasteiger partial charge in [-0.25, -0.2) is 0 Å². The Labute approximate surface area is 115 Å². The predicted molar refractivity (Wildman–Crippen MR) is 72.2 cm³/mol. The predicted octanol–water partition coefficient (Wildman–Crippen LogP) is 0.741. The lowest BCUT2D eigenvalue weighted by Gasteiger charge is -2.18. The van der Waals surface area contributed by atoms with E-state index in [1.54, 1.807) is 12.0 Å². The number of nitrogens with two attached hydrogens (primary N) is 1. The van der Waals surface area contributed by atoms with Gasteiger partial charge in [0.2, 0.25) is 0 Å². The van der Waals surface area contributed by atoms with Gasteiger partial charge in [0.25, 0.3) is 11.6 Å². The first kappa shape index (κ1) is 14.2. The van der Waals surface area contributed by atoms with Crippen LogP contribution in [0.1, 0.15) is 16.8 Å². The summed E-state index contributed by atoms with van der Waals surface area (Å²) in [5.74, 6) is 5.04. The number of anilines is 1. The highest BCUT2D eigenvalue weighted by molar-refractivity contribution is 6.01. The Balaban J connectivity index is 2.31. The number of nitro benzene ring substituents is 1. The Hall–Kier alpha value is -2.19. The SMILES string of the molecule is COC1CCN(C(=O)c2cccc([N+](=O)[O-])c2NN)C1. The molecule has 0 spiro atoms. The zero-order valence-electron chi connectivity index (χ0n) is 11.0. The van der Waals surface area contributed by atoms with Crippen molar-refractivity contribution >= 4 is 17.3 Å². The standard InChI is InChI=1S/C12H16N4O4/c1-20-8-5-6-15(7-8)12(17)9-3-2-4-10(16(18)19)11(9)14-13/h2-4,8,14H,5-7,13H2,1H3. The molecule has 3 N–H and O–H groups in total. The number of likely N-dealkylation sites (tertiary alicyclic amines) is 1. The zero-order chi connectivity index (χ0) is 14.7. The molecule has 1 fully saturated rings. The molecule has 1 atom stereocenters. The van der Waals surface area contributed by atoms with Gasteiger partial charge in [-0.15, -0.1) is 0 Å². The second-order valence-corrected chi connectivity index (χ2v) is 4.50. The minimum Gasteiger partial charge on any atom is -0.380 e. The maximum atomic E-state index is 12.4. The van der Waals surface area contributed by atoms with Gasteiger partial charge in [-0.2, -0.15) is 0 Å². The fourth-order valence-electron chi connectivity index (χ4n) is 2.30. The number of nitro groups is 1. The number of nitrogens with zero attached hydrogens (tertiary/aromatic N) is 2. The van der Waals surface area contributed by atoms with Crippen molar-refractivity contribution in [1.29, 1.82) is 0 Å². The monoisotopic (exact) mass is 280 g/mol. The number of carbonyl (C=O) groups excluding carboxylic acids is 1. The minimum atomic E-state index is -0.575. The number of nitrogen functional groups attached to an aromatic ring is 1. The molecule has 1 unspecified atom stereocenters. The molecule has 1 aliphatic heterocycles. The van der Waals surface area contributed by atoms with E-state index in [0.29, 0.717) is 13.1 Å². The first-order valence-electron chi connectivity index (χ1n) is 6.14. The van der Waals surface area contributed by atoms with Crippen LogP contribution >= 0.6 is 0 Å². The first-order chi connectivity index (χ1) is 9.58. The molecule has 8 heteroatoms. The number of hydrogen-bond acceptors (Lipinski definition) is 6. The molecule has 1 heterocycles. The van der Waals surface area contributed by atoms with E-state index >= 15 is 0 Å². The quantitative estimate of drug-likeness (QED) is 0.478. The van der Waals surface area contributed by atoms with Crippen LogP contribution in [0.3, 0.4) is 0 Å². The second-order valence-electron chi connectivity index (χ2n) is 4.50. The molecule has 1 aromatic carbocycles. The number of methoxy groups -OCH3 is 1. The number of nitrogens with one attached hydrogen (secondary N) is 1. The summed E-state index contributed by atoms with van der Waals surface area (Å²) in [6.45, 7) is 1.03. The molecule has 0 bridgehead atoms. The van der Waals surface area contributed by atoms with Crippen molar-refractivity contribution < 1.29 is 14.5 Å². The van der Waals surface area contributed by atoms with E-state index in [9.17, 15) is 14.9 Å². The molecule has 0 radical (unpaired) electrons. The number of amides is 1. The van der Waals surface area contributed by atoms with E-state index in [2.05, 4.69) is 5.43 Å². The van der Waals surface area contributed by atoms with Crippen LogP contribution in [0.15, 0.2) is 18.2 Å². The molecule has 108 valence electrons. The van der Waals surface area contributed by atoms with E-state index in [0.717, 1.165) is 6.42 Å². The zero-order valence-corrected chi connectivity index (χ0v) is 11.0. The number of rotatable bonds is 4. The van der Waals surface area contributed by atoms with Crippen molar-refractivity contribution in [2.24, 2.45) is 5.84 Å². The van der Waals surface area contributed by atoms with E-state index in [1.807, 2.05) is 0 Å². The molecule has 8 nitrogen and oxygen atoms in total. The number of benzene rings is 1. The summed E-state index contributed by atoms with van der Waals surface area (Å²) < 4.78 is 5.20. The molecule has 1 aliphatic rings. The third-order valence-corrected chi connectivity index (χ3v) is 3.38. The molecular formula is C12H16N4O4. The van der Waals surface area contributed by atoms with Crippen LogP contribution in [-0.2, 0) is 4.74 Å². The highest BCUT2D eigenvalue weighted by Crippen LogP contribution is 2.29. The van der Waals surface area contributed by atoms with E-state index in [1.165, 1.54) is 18.2 Å². The van der Waals surface area contributed by atoms with Gasteiger partial charge in [0.15, 0.2) is 0 Å². The van der Waals surface area contributed by atoms with Crippen LogP contribution in [-0.4, -0.2) is 42.0 Å². The van der Waals surface area contributed by atoms with Gasteiger partial charge < -0.3 is 15.1 Å². The fraction of sp³-hybridized carbons (Fsp3) is 0.417. The molecule has 20 heavy (non-hydrogen) atoms. The number of hydrogen-bond donors (Lipinski definition) is 2. The second kappa shape index (κ2) is 5.85. The van der Waals surface area contributed by atoms with Gasteiger partial charge in [-0.05, 0) is 12.5 Å². The van der Waals surface area contributed by atoms with Crippen molar-refractivity contribution in [1.82, 2.24) is 4.90 Å². The molecule has 0 aliphatic carbocycles. The Morgan fingerprint density at radius 1 is 1.60 bits per heavy atom. The van der Waals surface area contributed by atoms with Gasteiger partial charge >= 0.3 is 0 Å². The van der Waals surface area contributed by atoms with Gasteiger partial charge in [-0.1, -0.05) is 6.07 Å². The van der Waals surface area contributed by atoms with Crippen molar-refractivity contribution in [3.05, 3.63) is 33.9 Å². The van der Waals surface area contributed by atoms with Gasteiger partial charge in [0, 0.05) is 26.3 Å². The fourth-order valence-corrected chi connectivity index (χ4v) is 2.30. The summed E-state index contributed by atoms with van der Waals surface area (Å²) in [5.41, 5.74) is 2.26. The summed E-state index contributed by atoms with van der Waals surface area (Å²) >= 11 is 0. The number of para-hydroxylation sites is 1.